The van der Waals surface area contributed by atoms with Crippen LogP contribution in [0.3, 0.4) is 0 Å². The fourth-order valence-corrected chi connectivity index (χ4v) is 1.93. The lowest BCUT2D eigenvalue weighted by Gasteiger charge is -2.27. The molecule has 0 heterocycles. The number of carbonyl (C=O) groups excluding carboxylic acids is 1. The molecule has 0 rings (SSSR count). The first-order valence-electron chi connectivity index (χ1n) is 10.8. The van der Waals surface area contributed by atoms with Crippen LogP contribution in [0.25, 0.3) is 0 Å². The summed E-state index contributed by atoms with van der Waals surface area (Å²) < 4.78 is 26.4. The van der Waals surface area contributed by atoms with Gasteiger partial charge < -0.3 is 38.8 Å². The Morgan fingerprint density at radius 3 is 1.31 bits per heavy atom. The van der Waals surface area contributed by atoms with Gasteiger partial charge in [-0.3, -0.25) is 9.59 Å². The Morgan fingerprint density at radius 1 is 0.656 bits per heavy atom. The van der Waals surface area contributed by atoms with Crippen LogP contribution in [0.5, 0.6) is 0 Å². The zero-order chi connectivity index (χ0) is 24.8. The summed E-state index contributed by atoms with van der Waals surface area (Å²) in [6, 6.07) is 0. The van der Waals surface area contributed by atoms with Crippen molar-refractivity contribution in [2.75, 3.05) is 65.9 Å². The number of carbonyl (C=O) groups is 3. The van der Waals surface area contributed by atoms with Crippen molar-refractivity contribution in [2.45, 2.75) is 53.1 Å². The molecule has 0 atom stereocenters. The SMILES string of the molecule is CC.CC(C)(C)OC(=O)N(CCOCCOCCC(=O)O)CCOCCOCCC(=O)O. The Morgan fingerprint density at radius 2 is 1.00 bits per heavy atom. The molecule has 0 saturated carbocycles. The third-order valence-corrected chi connectivity index (χ3v) is 3.33. The first-order chi connectivity index (χ1) is 15.1. The minimum atomic E-state index is -0.919. The van der Waals surface area contributed by atoms with E-state index in [0.29, 0.717) is 13.1 Å². The number of hydrogen-bond acceptors (Lipinski definition) is 8. The topological polar surface area (TPSA) is 141 Å². The van der Waals surface area contributed by atoms with Gasteiger partial charge in [0.25, 0.3) is 0 Å². The van der Waals surface area contributed by atoms with Gasteiger partial charge in [-0.15, -0.1) is 0 Å². The normalized spacial score (nSPS) is 10.8. The van der Waals surface area contributed by atoms with Crippen LogP contribution in [-0.4, -0.2) is 105 Å². The molecule has 0 radical (unpaired) electrons. The van der Waals surface area contributed by atoms with E-state index in [1.165, 1.54) is 4.90 Å². The Labute approximate surface area is 190 Å². The van der Waals surface area contributed by atoms with Crippen molar-refractivity contribution in [1.82, 2.24) is 4.90 Å². The fourth-order valence-electron chi connectivity index (χ4n) is 1.93. The predicted molar refractivity (Wildman–Crippen MR) is 117 cm³/mol. The largest absolute Gasteiger partial charge is 0.481 e. The van der Waals surface area contributed by atoms with E-state index in [0.717, 1.165) is 0 Å². The maximum atomic E-state index is 12.3. The summed E-state index contributed by atoms with van der Waals surface area (Å²) in [7, 11) is 0. The number of aliphatic carboxylic acids is 2. The number of amides is 1. The van der Waals surface area contributed by atoms with Crippen molar-refractivity contribution in [1.29, 1.82) is 0 Å². The minimum absolute atomic E-state index is 0.0585. The third kappa shape index (κ3) is 24.3. The first-order valence-corrected chi connectivity index (χ1v) is 10.8. The van der Waals surface area contributed by atoms with E-state index < -0.39 is 23.6 Å². The number of rotatable bonds is 18. The third-order valence-electron chi connectivity index (χ3n) is 3.33. The van der Waals surface area contributed by atoms with Gasteiger partial charge >= 0.3 is 18.0 Å². The van der Waals surface area contributed by atoms with E-state index >= 15 is 0 Å². The molecule has 32 heavy (non-hydrogen) atoms. The number of nitrogens with zero attached hydrogens (tertiary/aromatic N) is 1. The average Bonchev–Trinajstić information content (AvgIpc) is 2.69. The second-order valence-corrected chi connectivity index (χ2v) is 7.20. The van der Waals surface area contributed by atoms with Gasteiger partial charge in [0.2, 0.25) is 0 Å². The van der Waals surface area contributed by atoms with Crippen LogP contribution in [0.15, 0.2) is 0 Å². The van der Waals surface area contributed by atoms with Crippen molar-refractivity contribution < 1.29 is 48.3 Å². The molecule has 1 amide bonds. The van der Waals surface area contributed by atoms with Crippen molar-refractivity contribution >= 4 is 18.0 Å². The molecule has 0 fully saturated rings. The van der Waals surface area contributed by atoms with Crippen molar-refractivity contribution in [3.05, 3.63) is 0 Å². The predicted octanol–water partition coefficient (Wildman–Crippen LogP) is 2.27. The van der Waals surface area contributed by atoms with Gasteiger partial charge in [-0.25, -0.2) is 4.79 Å². The average molecular weight is 468 g/mol. The monoisotopic (exact) mass is 467 g/mol. The smallest absolute Gasteiger partial charge is 0.410 e. The van der Waals surface area contributed by atoms with Crippen molar-refractivity contribution in [2.24, 2.45) is 0 Å². The Balaban J connectivity index is 0. The molecule has 0 aliphatic heterocycles. The molecule has 11 nitrogen and oxygen atoms in total. The summed E-state index contributed by atoms with van der Waals surface area (Å²) in [6.45, 7) is 11.8. The lowest BCUT2D eigenvalue weighted by atomic mass is 10.2. The van der Waals surface area contributed by atoms with Gasteiger partial charge in [0.05, 0.1) is 65.7 Å². The molecule has 0 bridgehead atoms. The van der Waals surface area contributed by atoms with Gasteiger partial charge in [0, 0.05) is 13.1 Å². The molecule has 11 heteroatoms. The van der Waals surface area contributed by atoms with Crippen LogP contribution < -0.4 is 0 Å². The van der Waals surface area contributed by atoms with E-state index in [4.69, 9.17) is 33.9 Å². The van der Waals surface area contributed by atoms with Crippen LogP contribution >= 0.6 is 0 Å². The fraction of sp³-hybridized carbons (Fsp3) is 0.857. The molecule has 0 saturated heterocycles. The highest BCUT2D eigenvalue weighted by molar-refractivity contribution is 5.68. The maximum absolute atomic E-state index is 12.3. The minimum Gasteiger partial charge on any atom is -0.481 e. The van der Waals surface area contributed by atoms with Crippen LogP contribution in [0.1, 0.15) is 47.5 Å². The number of carboxylic acids is 2. The standard InChI is InChI=1S/C19H35NO10.C2H6/c1-19(2,3)30-18(25)20(6-10-28-14-12-26-8-4-16(21)22)7-11-29-15-13-27-9-5-17(23)24;1-2/h4-15H2,1-3H3,(H,21,22)(H,23,24);1-2H3. The van der Waals surface area contributed by atoms with Crippen LogP contribution in [0, 0.1) is 0 Å². The summed E-state index contributed by atoms with van der Waals surface area (Å²) in [5, 5.41) is 17.0. The van der Waals surface area contributed by atoms with Gasteiger partial charge in [0.15, 0.2) is 0 Å². The highest BCUT2D eigenvalue weighted by Gasteiger charge is 2.21. The van der Waals surface area contributed by atoms with Crippen LogP contribution in [0.4, 0.5) is 4.79 Å². The molecule has 0 spiro atoms. The Hall–Kier alpha value is -1.95. The van der Waals surface area contributed by atoms with Gasteiger partial charge in [-0.05, 0) is 20.8 Å². The van der Waals surface area contributed by atoms with Crippen LogP contribution in [0.2, 0.25) is 0 Å². The first kappa shape index (κ1) is 32.2. The molecule has 2 N–H and O–H groups in total. The molecule has 0 aliphatic carbocycles. The van der Waals surface area contributed by atoms with Crippen molar-refractivity contribution in [3.63, 3.8) is 0 Å². The van der Waals surface area contributed by atoms with Crippen molar-refractivity contribution in [3.8, 4) is 0 Å². The summed E-state index contributed by atoms with van der Waals surface area (Å²) in [5.74, 6) is -1.84. The molecule has 0 aliphatic rings. The quantitative estimate of drug-likeness (QED) is 0.288. The van der Waals surface area contributed by atoms with E-state index in [9.17, 15) is 14.4 Å². The van der Waals surface area contributed by atoms with E-state index in [1.807, 2.05) is 13.8 Å². The van der Waals surface area contributed by atoms with E-state index in [1.54, 1.807) is 20.8 Å². The van der Waals surface area contributed by atoms with E-state index in [-0.39, 0.29) is 65.7 Å². The summed E-state index contributed by atoms with van der Waals surface area (Å²) in [4.78, 5) is 34.5. The highest BCUT2D eigenvalue weighted by atomic mass is 16.6. The zero-order valence-electron chi connectivity index (χ0n) is 20.1. The maximum Gasteiger partial charge on any atom is 0.410 e. The molecule has 0 aromatic rings. The summed E-state index contributed by atoms with van der Waals surface area (Å²) in [6.07, 6.45) is -0.598. The molecule has 0 aromatic carbocycles. The van der Waals surface area contributed by atoms with Crippen LogP contribution in [-0.2, 0) is 33.3 Å². The molecule has 0 unspecified atom stereocenters. The number of carboxylic acid groups (broad SMARTS) is 2. The second kappa shape index (κ2) is 20.9. The Kier molecular flexibility index (Phi) is 21.1. The lowest BCUT2D eigenvalue weighted by Crippen LogP contribution is -2.40. The molecular weight excluding hydrogens is 426 g/mol. The number of ether oxygens (including phenoxy) is 5. The molecule has 0 aromatic heterocycles. The molecule has 190 valence electrons. The summed E-state index contributed by atoms with van der Waals surface area (Å²) in [5.41, 5.74) is -0.632. The molecular formula is C21H41NO10. The zero-order valence-corrected chi connectivity index (χ0v) is 20.1. The second-order valence-electron chi connectivity index (χ2n) is 7.20. The van der Waals surface area contributed by atoms with Gasteiger partial charge in [0.1, 0.15) is 5.60 Å². The summed E-state index contributed by atoms with van der Waals surface area (Å²) >= 11 is 0. The van der Waals surface area contributed by atoms with Gasteiger partial charge in [-0.2, -0.15) is 0 Å². The highest BCUT2D eigenvalue weighted by Crippen LogP contribution is 2.09. The number of hydrogen-bond donors (Lipinski definition) is 2. The van der Waals surface area contributed by atoms with Gasteiger partial charge in [-0.1, -0.05) is 13.8 Å². The Bertz CT molecular complexity index is 463. The lowest BCUT2D eigenvalue weighted by molar-refractivity contribution is -0.139. The van der Waals surface area contributed by atoms with E-state index in [2.05, 4.69) is 0 Å².